The highest BCUT2D eigenvalue weighted by Crippen LogP contribution is 2.26. The molecule has 1 aromatic heterocycles. The number of nitrogen functional groups attached to an aromatic ring is 1. The van der Waals surface area contributed by atoms with E-state index in [1.165, 1.54) is 11.8 Å². The van der Waals surface area contributed by atoms with Crippen LogP contribution in [-0.2, 0) is 0 Å². The van der Waals surface area contributed by atoms with Crippen LogP contribution in [0.5, 0.6) is 0 Å². The van der Waals surface area contributed by atoms with E-state index in [1.54, 1.807) is 18.5 Å². The molecule has 0 atom stereocenters. The number of hydrogen-bond acceptors (Lipinski definition) is 4. The van der Waals surface area contributed by atoms with Gasteiger partial charge in [-0.1, -0.05) is 18.2 Å². The van der Waals surface area contributed by atoms with Gasteiger partial charge in [0.05, 0.1) is 0 Å². The van der Waals surface area contributed by atoms with Gasteiger partial charge in [0.15, 0.2) is 5.16 Å². The van der Waals surface area contributed by atoms with Gasteiger partial charge in [0, 0.05) is 22.9 Å². The largest absolute Gasteiger partial charge is 0.384 e. The number of rotatable bonds is 3. The summed E-state index contributed by atoms with van der Waals surface area (Å²) in [4.78, 5) is 9.12. The van der Waals surface area contributed by atoms with E-state index in [9.17, 15) is 0 Å². The fraction of sp³-hybridized carbons (Fsp3) is 0. The molecule has 0 saturated heterocycles. The van der Waals surface area contributed by atoms with Crippen LogP contribution < -0.4 is 5.73 Å². The van der Waals surface area contributed by atoms with Gasteiger partial charge in [-0.15, -0.1) is 0 Å². The number of hydrogen-bond donors (Lipinski definition) is 2. The van der Waals surface area contributed by atoms with Gasteiger partial charge in [0.2, 0.25) is 0 Å². The van der Waals surface area contributed by atoms with E-state index in [0.717, 1.165) is 4.90 Å². The first kappa shape index (κ1) is 10.6. The first-order valence-corrected chi connectivity index (χ1v) is 5.47. The molecule has 0 saturated carbocycles. The molecule has 4 nitrogen and oxygen atoms in total. The number of aromatic nitrogens is 2. The van der Waals surface area contributed by atoms with Gasteiger partial charge < -0.3 is 5.73 Å². The van der Waals surface area contributed by atoms with Crippen molar-refractivity contribution in [1.82, 2.24) is 9.97 Å². The molecule has 5 heteroatoms. The van der Waals surface area contributed by atoms with E-state index in [-0.39, 0.29) is 5.84 Å². The predicted octanol–water partition coefficient (Wildman–Crippen LogP) is 1.91. The fourth-order valence-corrected chi connectivity index (χ4v) is 2.07. The van der Waals surface area contributed by atoms with Crippen LogP contribution in [0, 0.1) is 5.41 Å². The summed E-state index contributed by atoms with van der Waals surface area (Å²) in [5.41, 5.74) is 6.21. The van der Waals surface area contributed by atoms with E-state index < -0.39 is 0 Å². The Morgan fingerprint density at radius 3 is 2.50 bits per heavy atom. The molecule has 0 aliphatic rings. The van der Waals surface area contributed by atoms with Gasteiger partial charge >= 0.3 is 0 Å². The lowest BCUT2D eigenvalue weighted by molar-refractivity contribution is 0.966. The number of amidine groups is 1. The van der Waals surface area contributed by atoms with Crippen molar-refractivity contribution in [3.8, 4) is 0 Å². The molecular weight excluding hydrogens is 220 g/mol. The van der Waals surface area contributed by atoms with Crippen molar-refractivity contribution in [1.29, 1.82) is 5.41 Å². The molecule has 0 bridgehead atoms. The molecule has 1 aromatic carbocycles. The van der Waals surface area contributed by atoms with Crippen molar-refractivity contribution in [3.05, 3.63) is 48.3 Å². The van der Waals surface area contributed by atoms with Crippen molar-refractivity contribution in [3.63, 3.8) is 0 Å². The lowest BCUT2D eigenvalue weighted by Gasteiger charge is -2.05. The minimum Gasteiger partial charge on any atom is -0.384 e. The van der Waals surface area contributed by atoms with Crippen LogP contribution >= 0.6 is 11.8 Å². The zero-order chi connectivity index (χ0) is 11.4. The summed E-state index contributed by atoms with van der Waals surface area (Å²) in [5.74, 6) is 0.0547. The Hall–Kier alpha value is -1.88. The van der Waals surface area contributed by atoms with E-state index in [0.29, 0.717) is 10.7 Å². The van der Waals surface area contributed by atoms with Crippen molar-refractivity contribution >= 4 is 17.6 Å². The molecule has 0 aliphatic heterocycles. The average molecular weight is 230 g/mol. The van der Waals surface area contributed by atoms with Gasteiger partial charge in [0.25, 0.3) is 0 Å². The number of nitrogens with one attached hydrogen (secondary N) is 1. The second kappa shape index (κ2) is 4.76. The fourth-order valence-electron chi connectivity index (χ4n) is 1.21. The van der Waals surface area contributed by atoms with Gasteiger partial charge in [0.1, 0.15) is 5.84 Å². The van der Waals surface area contributed by atoms with Crippen molar-refractivity contribution < 1.29 is 0 Å². The van der Waals surface area contributed by atoms with Crippen LogP contribution in [0.1, 0.15) is 5.56 Å². The molecular formula is C11H10N4S. The average Bonchev–Trinajstić information content (AvgIpc) is 2.31. The maximum atomic E-state index is 7.47. The minimum atomic E-state index is 0.0547. The van der Waals surface area contributed by atoms with Gasteiger partial charge in [-0.3, -0.25) is 5.41 Å². The summed E-state index contributed by atoms with van der Waals surface area (Å²) < 4.78 is 0. The molecule has 2 aromatic rings. The number of nitrogens with two attached hydrogens (primary N) is 1. The first-order chi connectivity index (χ1) is 7.77. The van der Waals surface area contributed by atoms with Crippen LogP contribution in [-0.4, -0.2) is 15.8 Å². The Morgan fingerprint density at radius 1 is 1.12 bits per heavy atom. The second-order valence-corrected chi connectivity index (χ2v) is 4.05. The second-order valence-electron chi connectivity index (χ2n) is 3.04. The summed E-state index contributed by atoms with van der Waals surface area (Å²) in [7, 11) is 0. The summed E-state index contributed by atoms with van der Waals surface area (Å²) in [6, 6.07) is 9.23. The SMILES string of the molecule is N=C(N)c1ccccc1Sc1ncccn1. The molecule has 0 amide bonds. The third-order valence-electron chi connectivity index (χ3n) is 1.92. The maximum Gasteiger partial charge on any atom is 0.192 e. The Bertz CT molecular complexity index is 498. The van der Waals surface area contributed by atoms with Gasteiger partial charge in [-0.25, -0.2) is 9.97 Å². The standard InChI is InChI=1S/C11H10N4S/c12-10(13)8-4-1-2-5-9(8)16-11-14-6-3-7-15-11/h1-7H,(H3,12,13). The predicted molar refractivity (Wildman–Crippen MR) is 63.6 cm³/mol. The van der Waals surface area contributed by atoms with E-state index in [1.807, 2.05) is 24.3 Å². The van der Waals surface area contributed by atoms with Crippen molar-refractivity contribution in [2.45, 2.75) is 10.1 Å². The Balaban J connectivity index is 2.31. The van der Waals surface area contributed by atoms with E-state index in [2.05, 4.69) is 9.97 Å². The third kappa shape index (κ3) is 2.38. The van der Waals surface area contributed by atoms with Crippen LogP contribution in [0.25, 0.3) is 0 Å². The normalized spacial score (nSPS) is 10.0. The molecule has 0 spiro atoms. The number of benzene rings is 1. The summed E-state index contributed by atoms with van der Waals surface area (Å²) >= 11 is 1.40. The highest BCUT2D eigenvalue weighted by Gasteiger charge is 2.07. The molecule has 1 heterocycles. The van der Waals surface area contributed by atoms with Crippen LogP contribution in [0.2, 0.25) is 0 Å². The van der Waals surface area contributed by atoms with Crippen LogP contribution in [0.3, 0.4) is 0 Å². The molecule has 2 rings (SSSR count). The molecule has 80 valence electrons. The monoisotopic (exact) mass is 230 g/mol. The van der Waals surface area contributed by atoms with Crippen LogP contribution in [0.4, 0.5) is 0 Å². The zero-order valence-corrected chi connectivity index (χ0v) is 9.24. The van der Waals surface area contributed by atoms with E-state index >= 15 is 0 Å². The molecule has 0 fully saturated rings. The summed E-state index contributed by atoms with van der Waals surface area (Å²) in [6.45, 7) is 0. The van der Waals surface area contributed by atoms with Gasteiger partial charge in [-0.05, 0) is 23.9 Å². The van der Waals surface area contributed by atoms with E-state index in [4.69, 9.17) is 11.1 Å². The Morgan fingerprint density at radius 2 is 1.81 bits per heavy atom. The molecule has 0 unspecified atom stereocenters. The highest BCUT2D eigenvalue weighted by molar-refractivity contribution is 7.99. The van der Waals surface area contributed by atoms with Crippen molar-refractivity contribution in [2.75, 3.05) is 0 Å². The molecule has 0 aliphatic carbocycles. The lowest BCUT2D eigenvalue weighted by Crippen LogP contribution is -2.12. The molecule has 0 radical (unpaired) electrons. The summed E-state index contributed by atoms with van der Waals surface area (Å²) in [5, 5.41) is 8.11. The quantitative estimate of drug-likeness (QED) is 0.480. The number of nitrogens with zero attached hydrogens (tertiary/aromatic N) is 2. The maximum absolute atomic E-state index is 7.47. The topological polar surface area (TPSA) is 75.7 Å². The lowest BCUT2D eigenvalue weighted by atomic mass is 10.2. The van der Waals surface area contributed by atoms with Crippen molar-refractivity contribution in [2.24, 2.45) is 5.73 Å². The smallest absolute Gasteiger partial charge is 0.192 e. The Labute approximate surface area is 97.4 Å². The zero-order valence-electron chi connectivity index (χ0n) is 8.42. The molecule has 16 heavy (non-hydrogen) atoms. The Kier molecular flexibility index (Phi) is 3.16. The third-order valence-corrected chi connectivity index (χ3v) is 2.89. The van der Waals surface area contributed by atoms with Gasteiger partial charge in [-0.2, -0.15) is 0 Å². The minimum absolute atomic E-state index is 0.0547. The summed E-state index contributed by atoms with van der Waals surface area (Å²) in [6.07, 6.45) is 3.37. The first-order valence-electron chi connectivity index (χ1n) is 4.65. The van der Waals surface area contributed by atoms with Crippen LogP contribution in [0.15, 0.2) is 52.8 Å². The highest BCUT2D eigenvalue weighted by atomic mass is 32.2. The molecule has 3 N–H and O–H groups in total.